The van der Waals surface area contributed by atoms with Crippen molar-refractivity contribution in [2.24, 2.45) is 0 Å². The Balaban J connectivity index is 2.15. The Kier molecular flexibility index (Phi) is 4.49. The highest BCUT2D eigenvalue weighted by Gasteiger charge is 2.10. The molecule has 18 heavy (non-hydrogen) atoms. The fourth-order valence-corrected chi connectivity index (χ4v) is 2.86. The lowest BCUT2D eigenvalue weighted by molar-refractivity contribution is 0.303. The van der Waals surface area contributed by atoms with Gasteiger partial charge < -0.3 is 4.74 Å². The molecule has 0 saturated heterocycles. The second-order valence-corrected chi connectivity index (χ2v) is 5.86. The van der Waals surface area contributed by atoms with Gasteiger partial charge in [0.05, 0.1) is 16.6 Å². The number of rotatable bonds is 4. The third kappa shape index (κ3) is 2.97. The molecule has 5 heteroatoms. The fraction of sp³-hybridized carbons (Fsp3) is 0.308. The number of hydrogen-bond acceptors (Lipinski definition) is 3. The molecule has 96 valence electrons. The lowest BCUT2D eigenvalue weighted by Gasteiger charge is -2.10. The summed E-state index contributed by atoms with van der Waals surface area (Å²) in [6.45, 7) is 4.47. The van der Waals surface area contributed by atoms with Crippen LogP contribution >= 0.6 is 34.5 Å². The summed E-state index contributed by atoms with van der Waals surface area (Å²) in [6, 6.07) is 5.57. The third-order valence-corrected chi connectivity index (χ3v) is 4.24. The Morgan fingerprint density at radius 2 is 2.11 bits per heavy atom. The zero-order valence-corrected chi connectivity index (χ0v) is 12.5. The number of para-hydroxylation sites is 1. The first-order valence-electron chi connectivity index (χ1n) is 5.51. The molecule has 0 atom stereocenters. The number of hydrogen-bond donors (Lipinski definition) is 0. The summed E-state index contributed by atoms with van der Waals surface area (Å²) in [6.07, 6.45) is 0. The molecule has 0 amide bonds. The van der Waals surface area contributed by atoms with E-state index in [1.54, 1.807) is 17.4 Å². The molecule has 1 aromatic heterocycles. The predicted molar refractivity (Wildman–Crippen MR) is 76.9 cm³/mol. The standard InChI is InChI=1S/C13H13Cl2NOS/c1-8-9(2)18-12(16-8)7-17-13-10(6-14)4-3-5-11(13)15/h3-5H,6-7H2,1-2H3. The van der Waals surface area contributed by atoms with Gasteiger partial charge in [0.25, 0.3) is 0 Å². The number of nitrogens with zero attached hydrogens (tertiary/aromatic N) is 1. The number of ether oxygens (including phenoxy) is 1. The number of benzene rings is 1. The van der Waals surface area contributed by atoms with Crippen molar-refractivity contribution < 1.29 is 4.74 Å². The van der Waals surface area contributed by atoms with Crippen LogP contribution in [0.1, 0.15) is 21.1 Å². The highest BCUT2D eigenvalue weighted by Crippen LogP contribution is 2.31. The van der Waals surface area contributed by atoms with Crippen molar-refractivity contribution in [1.82, 2.24) is 4.98 Å². The van der Waals surface area contributed by atoms with Crippen LogP contribution in [0.4, 0.5) is 0 Å². The maximum Gasteiger partial charge on any atom is 0.142 e. The molecular formula is C13H13Cl2NOS. The molecule has 1 heterocycles. The van der Waals surface area contributed by atoms with Crippen LogP contribution in [-0.2, 0) is 12.5 Å². The highest BCUT2D eigenvalue weighted by molar-refractivity contribution is 7.11. The number of alkyl halides is 1. The summed E-state index contributed by atoms with van der Waals surface area (Å²) in [5.74, 6) is 1.03. The Hall–Kier alpha value is -0.770. The molecular weight excluding hydrogens is 289 g/mol. The van der Waals surface area contributed by atoms with Crippen LogP contribution in [-0.4, -0.2) is 4.98 Å². The first kappa shape index (κ1) is 13.7. The molecule has 0 fully saturated rings. The van der Waals surface area contributed by atoms with Crippen molar-refractivity contribution in [3.63, 3.8) is 0 Å². The van der Waals surface area contributed by atoms with E-state index < -0.39 is 0 Å². The molecule has 0 N–H and O–H groups in total. The molecule has 0 bridgehead atoms. The minimum Gasteiger partial charge on any atom is -0.485 e. The zero-order valence-electron chi connectivity index (χ0n) is 10.2. The summed E-state index contributed by atoms with van der Waals surface area (Å²) < 4.78 is 5.74. The van der Waals surface area contributed by atoms with E-state index in [4.69, 9.17) is 27.9 Å². The molecule has 0 aliphatic heterocycles. The van der Waals surface area contributed by atoms with Gasteiger partial charge in [-0.2, -0.15) is 0 Å². The van der Waals surface area contributed by atoms with Crippen LogP contribution in [0.15, 0.2) is 18.2 Å². The number of aryl methyl sites for hydroxylation is 2. The van der Waals surface area contributed by atoms with Gasteiger partial charge in [0.2, 0.25) is 0 Å². The van der Waals surface area contributed by atoms with Crippen molar-refractivity contribution in [2.45, 2.75) is 26.3 Å². The molecule has 0 radical (unpaired) electrons. The Morgan fingerprint density at radius 1 is 1.33 bits per heavy atom. The van der Waals surface area contributed by atoms with E-state index in [1.807, 2.05) is 19.1 Å². The van der Waals surface area contributed by atoms with E-state index in [-0.39, 0.29) is 0 Å². The smallest absolute Gasteiger partial charge is 0.142 e. The van der Waals surface area contributed by atoms with Gasteiger partial charge in [-0.1, -0.05) is 23.7 Å². The van der Waals surface area contributed by atoms with Gasteiger partial charge in [-0.3, -0.25) is 0 Å². The van der Waals surface area contributed by atoms with Crippen LogP contribution in [0.5, 0.6) is 5.75 Å². The summed E-state index contributed by atoms with van der Waals surface area (Å²) in [5.41, 5.74) is 1.95. The summed E-state index contributed by atoms with van der Waals surface area (Å²) in [7, 11) is 0. The van der Waals surface area contributed by atoms with E-state index in [0.29, 0.717) is 23.3 Å². The lowest BCUT2D eigenvalue weighted by Crippen LogP contribution is -1.98. The third-order valence-electron chi connectivity index (χ3n) is 2.61. The maximum absolute atomic E-state index is 6.11. The van der Waals surface area contributed by atoms with Crippen LogP contribution in [0, 0.1) is 13.8 Å². The van der Waals surface area contributed by atoms with Crippen molar-refractivity contribution >= 4 is 34.5 Å². The van der Waals surface area contributed by atoms with Crippen LogP contribution in [0.3, 0.4) is 0 Å². The molecule has 0 aliphatic rings. The van der Waals surface area contributed by atoms with Gasteiger partial charge in [0, 0.05) is 10.4 Å². The van der Waals surface area contributed by atoms with E-state index >= 15 is 0 Å². The fourth-order valence-electron chi connectivity index (χ4n) is 1.56. The van der Waals surface area contributed by atoms with Gasteiger partial charge in [-0.05, 0) is 19.9 Å². The zero-order chi connectivity index (χ0) is 13.1. The molecule has 0 spiro atoms. The number of halogens is 2. The average Bonchev–Trinajstić information content (AvgIpc) is 2.67. The van der Waals surface area contributed by atoms with Crippen LogP contribution < -0.4 is 4.74 Å². The normalized spacial score (nSPS) is 10.7. The molecule has 0 aliphatic carbocycles. The summed E-state index contributed by atoms with van der Waals surface area (Å²) in [4.78, 5) is 5.64. The SMILES string of the molecule is Cc1nc(COc2c(Cl)cccc2CCl)sc1C. The van der Waals surface area contributed by atoms with Gasteiger partial charge >= 0.3 is 0 Å². The minimum atomic E-state index is 0.381. The molecule has 2 rings (SSSR count). The second-order valence-electron chi connectivity index (χ2n) is 3.90. The Labute approximate surface area is 121 Å². The molecule has 0 saturated carbocycles. The maximum atomic E-state index is 6.11. The molecule has 0 unspecified atom stereocenters. The largest absolute Gasteiger partial charge is 0.485 e. The van der Waals surface area contributed by atoms with E-state index in [9.17, 15) is 0 Å². The topological polar surface area (TPSA) is 22.1 Å². The number of aromatic nitrogens is 1. The summed E-state index contributed by atoms with van der Waals surface area (Å²) in [5, 5.41) is 1.53. The highest BCUT2D eigenvalue weighted by atomic mass is 35.5. The van der Waals surface area contributed by atoms with Gasteiger partial charge in [-0.25, -0.2) is 4.98 Å². The van der Waals surface area contributed by atoms with Crippen LogP contribution in [0.25, 0.3) is 0 Å². The van der Waals surface area contributed by atoms with Crippen molar-refractivity contribution in [1.29, 1.82) is 0 Å². The van der Waals surface area contributed by atoms with Crippen LogP contribution in [0.2, 0.25) is 5.02 Å². The first-order valence-corrected chi connectivity index (χ1v) is 7.23. The second kappa shape index (κ2) is 5.91. The van der Waals surface area contributed by atoms with Crippen molar-refractivity contribution in [3.8, 4) is 5.75 Å². The summed E-state index contributed by atoms with van der Waals surface area (Å²) >= 11 is 13.6. The Bertz CT molecular complexity index is 534. The van der Waals surface area contributed by atoms with Gasteiger partial charge in [0.1, 0.15) is 17.4 Å². The monoisotopic (exact) mass is 301 g/mol. The molecule has 2 aromatic rings. The van der Waals surface area contributed by atoms with Gasteiger partial charge in [-0.15, -0.1) is 22.9 Å². The van der Waals surface area contributed by atoms with E-state index in [0.717, 1.165) is 16.3 Å². The minimum absolute atomic E-state index is 0.381. The Morgan fingerprint density at radius 3 is 2.72 bits per heavy atom. The van der Waals surface area contributed by atoms with E-state index in [2.05, 4.69) is 11.9 Å². The molecule has 1 aromatic carbocycles. The van der Waals surface area contributed by atoms with E-state index in [1.165, 1.54) is 4.88 Å². The predicted octanol–water partition coefficient (Wildman–Crippen LogP) is 4.73. The lowest BCUT2D eigenvalue weighted by atomic mass is 10.2. The first-order chi connectivity index (χ1) is 8.61. The quantitative estimate of drug-likeness (QED) is 0.762. The van der Waals surface area contributed by atoms with Crippen molar-refractivity contribution in [2.75, 3.05) is 0 Å². The number of thiazole rings is 1. The van der Waals surface area contributed by atoms with Crippen molar-refractivity contribution in [3.05, 3.63) is 44.4 Å². The van der Waals surface area contributed by atoms with Gasteiger partial charge in [0.15, 0.2) is 0 Å². The molecule has 2 nitrogen and oxygen atoms in total. The average molecular weight is 302 g/mol.